The van der Waals surface area contributed by atoms with Gasteiger partial charge in [0.25, 0.3) is 0 Å². The van der Waals surface area contributed by atoms with E-state index < -0.39 is 5.41 Å². The van der Waals surface area contributed by atoms with Gasteiger partial charge in [-0.15, -0.1) is 0 Å². The van der Waals surface area contributed by atoms with Crippen LogP contribution in [0.4, 0.5) is 0 Å². The van der Waals surface area contributed by atoms with Crippen molar-refractivity contribution in [2.45, 2.75) is 43.2 Å². The molecule has 1 aromatic rings. The molecule has 5 heteroatoms. The number of carbonyl (C=O) groups excluding carboxylic acids is 1. The van der Waals surface area contributed by atoms with Crippen molar-refractivity contribution in [3.63, 3.8) is 0 Å². The van der Waals surface area contributed by atoms with Crippen molar-refractivity contribution < 1.29 is 19.4 Å². The van der Waals surface area contributed by atoms with E-state index in [1.807, 2.05) is 12.1 Å². The first-order chi connectivity index (χ1) is 11.5. The van der Waals surface area contributed by atoms with Crippen molar-refractivity contribution in [2.24, 2.45) is 5.92 Å². The molecule has 0 spiro atoms. The van der Waals surface area contributed by atoms with Crippen LogP contribution in [0, 0.1) is 5.92 Å². The van der Waals surface area contributed by atoms with Crippen molar-refractivity contribution in [3.05, 3.63) is 23.3 Å². The molecule has 1 N–H and O–H groups in total. The molecule has 4 unspecified atom stereocenters. The van der Waals surface area contributed by atoms with Crippen molar-refractivity contribution >= 4 is 5.78 Å². The van der Waals surface area contributed by atoms with Gasteiger partial charge in [0.15, 0.2) is 17.3 Å². The van der Waals surface area contributed by atoms with Crippen molar-refractivity contribution in [2.75, 3.05) is 27.8 Å². The molecular formula is C19H25NO4. The summed E-state index contributed by atoms with van der Waals surface area (Å²) in [6.45, 7) is 0.861. The number of rotatable bonds is 2. The molecule has 4 atom stereocenters. The van der Waals surface area contributed by atoms with Gasteiger partial charge in [-0.3, -0.25) is 4.79 Å². The second kappa shape index (κ2) is 5.46. The highest BCUT2D eigenvalue weighted by molar-refractivity contribution is 5.97. The molecule has 0 radical (unpaired) electrons. The third-order valence-electron chi connectivity index (χ3n) is 6.60. The highest BCUT2D eigenvalue weighted by Crippen LogP contribution is 2.57. The van der Waals surface area contributed by atoms with Gasteiger partial charge in [-0.05, 0) is 56.8 Å². The Morgan fingerprint density at radius 1 is 1.29 bits per heavy atom. The van der Waals surface area contributed by atoms with Gasteiger partial charge >= 0.3 is 0 Å². The summed E-state index contributed by atoms with van der Waals surface area (Å²) in [6.07, 6.45) is 2.96. The highest BCUT2D eigenvalue weighted by atomic mass is 16.5. The molecule has 2 bridgehead atoms. The molecule has 4 rings (SSSR count). The molecule has 2 aliphatic carbocycles. The lowest BCUT2D eigenvalue weighted by atomic mass is 9.51. The average Bonchev–Trinajstić information content (AvgIpc) is 2.59. The number of likely N-dealkylation sites (N-methyl/N-ethyl adjacent to an activating group) is 1. The molecule has 0 aromatic heterocycles. The van der Waals surface area contributed by atoms with Crippen LogP contribution in [-0.4, -0.2) is 55.7 Å². The van der Waals surface area contributed by atoms with Crippen LogP contribution in [0.2, 0.25) is 0 Å². The first kappa shape index (κ1) is 15.9. The summed E-state index contributed by atoms with van der Waals surface area (Å²) in [5, 5.41) is 10.9. The fourth-order valence-electron chi connectivity index (χ4n) is 5.46. The van der Waals surface area contributed by atoms with E-state index in [2.05, 4.69) is 11.9 Å². The molecule has 130 valence electrons. The fraction of sp³-hybridized carbons (Fsp3) is 0.632. The summed E-state index contributed by atoms with van der Waals surface area (Å²) in [4.78, 5) is 15.8. The number of Topliss-reactive ketones (excluding diaryl/α,β-unsaturated/α-hetero) is 1. The summed E-state index contributed by atoms with van der Waals surface area (Å²) >= 11 is 0. The summed E-state index contributed by atoms with van der Waals surface area (Å²) < 4.78 is 10.8. The van der Waals surface area contributed by atoms with Crippen molar-refractivity contribution in [1.29, 1.82) is 0 Å². The number of methoxy groups -OCH3 is 2. The minimum absolute atomic E-state index is 0.142. The zero-order valence-corrected chi connectivity index (χ0v) is 14.5. The number of phenolic OH excluding ortho intramolecular Hbond substituents is 1. The Bertz CT molecular complexity index is 688. The van der Waals surface area contributed by atoms with E-state index in [1.165, 1.54) is 0 Å². The number of aromatic hydroxyl groups is 1. The summed E-state index contributed by atoms with van der Waals surface area (Å²) in [5.74, 6) is 0.976. The van der Waals surface area contributed by atoms with Gasteiger partial charge in [0.05, 0.1) is 12.5 Å². The predicted molar refractivity (Wildman–Crippen MR) is 89.6 cm³/mol. The summed E-state index contributed by atoms with van der Waals surface area (Å²) in [5.41, 5.74) is 1.25. The van der Waals surface area contributed by atoms with Crippen molar-refractivity contribution in [3.8, 4) is 11.5 Å². The molecule has 1 heterocycles. The number of nitrogens with zero attached hydrogens (tertiary/aromatic N) is 1. The maximum Gasteiger partial charge on any atom is 0.172 e. The molecule has 1 aliphatic heterocycles. The van der Waals surface area contributed by atoms with Crippen LogP contribution in [0.5, 0.6) is 11.5 Å². The first-order valence-corrected chi connectivity index (χ1v) is 8.71. The van der Waals surface area contributed by atoms with Crippen LogP contribution in [0.15, 0.2) is 12.1 Å². The highest BCUT2D eigenvalue weighted by Gasteiger charge is 2.61. The normalized spacial score (nSPS) is 35.3. The molecule has 5 nitrogen and oxygen atoms in total. The van der Waals surface area contributed by atoms with Crippen LogP contribution in [0.3, 0.4) is 0 Å². The van der Waals surface area contributed by atoms with Crippen LogP contribution in [0.1, 0.15) is 30.4 Å². The topological polar surface area (TPSA) is 59.0 Å². The number of likely N-dealkylation sites (tertiary alicyclic amines) is 1. The molecular weight excluding hydrogens is 306 g/mol. The van der Waals surface area contributed by atoms with E-state index in [0.717, 1.165) is 43.4 Å². The third-order valence-corrected chi connectivity index (χ3v) is 6.60. The maximum atomic E-state index is 13.4. The van der Waals surface area contributed by atoms with E-state index in [-0.39, 0.29) is 23.6 Å². The zero-order chi connectivity index (χ0) is 17.1. The van der Waals surface area contributed by atoms with Crippen molar-refractivity contribution in [1.82, 2.24) is 4.90 Å². The molecule has 0 amide bonds. The minimum Gasteiger partial charge on any atom is -0.504 e. The summed E-state index contributed by atoms with van der Waals surface area (Å²) in [6, 6.07) is 4.17. The lowest BCUT2D eigenvalue weighted by Gasteiger charge is -2.58. The summed E-state index contributed by atoms with van der Waals surface area (Å²) in [7, 11) is 5.31. The Hall–Kier alpha value is -1.59. The molecule has 24 heavy (non-hydrogen) atoms. The van der Waals surface area contributed by atoms with E-state index in [1.54, 1.807) is 14.2 Å². The average molecular weight is 331 g/mol. The quantitative estimate of drug-likeness (QED) is 0.897. The molecule has 1 saturated heterocycles. The number of ketones is 1. The van der Waals surface area contributed by atoms with Crippen LogP contribution in [-0.2, 0) is 21.4 Å². The van der Waals surface area contributed by atoms with E-state index in [0.29, 0.717) is 11.8 Å². The molecule has 2 fully saturated rings. The van der Waals surface area contributed by atoms with E-state index in [4.69, 9.17) is 9.47 Å². The Kier molecular flexibility index (Phi) is 3.62. The standard InChI is InChI=1S/C19H25NO4/c1-20-9-8-19-12(5-7-15(24-3)18(19)22)13(20)10-11-4-6-14(23-2)17(21)16(11)19/h4,6,12-13,15,21H,5,7-10H2,1-3H3. The van der Waals surface area contributed by atoms with E-state index in [9.17, 15) is 9.90 Å². The van der Waals surface area contributed by atoms with Crippen LogP contribution < -0.4 is 4.74 Å². The van der Waals surface area contributed by atoms with Gasteiger partial charge < -0.3 is 19.5 Å². The maximum absolute atomic E-state index is 13.4. The largest absolute Gasteiger partial charge is 0.504 e. The second-order valence-corrected chi connectivity index (χ2v) is 7.40. The fourth-order valence-corrected chi connectivity index (χ4v) is 5.46. The van der Waals surface area contributed by atoms with Gasteiger partial charge in [-0.2, -0.15) is 0 Å². The lowest BCUT2D eigenvalue weighted by Crippen LogP contribution is -2.65. The Balaban J connectivity index is 1.97. The number of phenols is 1. The molecule has 1 saturated carbocycles. The first-order valence-electron chi connectivity index (χ1n) is 8.71. The van der Waals surface area contributed by atoms with Crippen LogP contribution in [0.25, 0.3) is 0 Å². The Labute approximate surface area is 142 Å². The zero-order valence-electron chi connectivity index (χ0n) is 14.5. The van der Waals surface area contributed by atoms with Gasteiger partial charge in [0.2, 0.25) is 0 Å². The number of ether oxygens (including phenoxy) is 2. The number of fused-ring (bicyclic) bond motifs is 1. The number of hydrogen-bond acceptors (Lipinski definition) is 5. The van der Waals surface area contributed by atoms with Gasteiger partial charge in [-0.25, -0.2) is 0 Å². The lowest BCUT2D eigenvalue weighted by molar-refractivity contribution is -0.149. The Morgan fingerprint density at radius 2 is 2.08 bits per heavy atom. The second-order valence-electron chi connectivity index (χ2n) is 7.40. The van der Waals surface area contributed by atoms with Gasteiger partial charge in [0.1, 0.15) is 6.10 Å². The SMILES string of the molecule is COc1ccc2c(c1O)C13CCN(C)C(C2)C1CCC(OC)C3=O. The predicted octanol–water partition coefficient (Wildman–Crippen LogP) is 1.89. The van der Waals surface area contributed by atoms with Crippen LogP contribution >= 0.6 is 0 Å². The Morgan fingerprint density at radius 3 is 2.79 bits per heavy atom. The number of piperidine rings is 1. The molecule has 3 aliphatic rings. The molecule has 1 aromatic carbocycles. The van der Waals surface area contributed by atoms with E-state index >= 15 is 0 Å². The number of hydrogen-bond donors (Lipinski definition) is 1. The van der Waals surface area contributed by atoms with Gasteiger partial charge in [-0.1, -0.05) is 6.07 Å². The smallest absolute Gasteiger partial charge is 0.172 e. The number of carbonyl (C=O) groups is 1. The number of benzene rings is 1. The van der Waals surface area contributed by atoms with Gasteiger partial charge in [0, 0.05) is 18.7 Å². The minimum atomic E-state index is -0.637. The third kappa shape index (κ3) is 1.85. The monoisotopic (exact) mass is 331 g/mol.